The molecule has 0 aliphatic rings. The maximum Gasteiger partial charge on any atom is 0.141 e. The molecule has 2 aromatic rings. The number of hydrogen-bond donors (Lipinski definition) is 0. The molecule has 0 spiro atoms. The van der Waals surface area contributed by atoms with E-state index in [0.717, 1.165) is 11.1 Å². The van der Waals surface area contributed by atoms with Gasteiger partial charge in [-0.05, 0) is 28.0 Å². The van der Waals surface area contributed by atoms with E-state index in [1.54, 1.807) is 22.2 Å². The van der Waals surface area contributed by atoms with E-state index in [0.29, 0.717) is 12.8 Å². The van der Waals surface area contributed by atoms with Crippen molar-refractivity contribution >= 4 is 17.1 Å². The molecule has 0 bridgehead atoms. The summed E-state index contributed by atoms with van der Waals surface area (Å²) in [6, 6.07) is 1.99. The molecule has 2 rings (SSSR count). The van der Waals surface area contributed by atoms with Gasteiger partial charge in [0.25, 0.3) is 0 Å². The first-order valence-corrected chi connectivity index (χ1v) is 5.68. The number of rotatable bonds is 4. The standard InChI is InChI=1S/C11H12N2OS/c1-13-7-10(6-12-13)5-11(14)4-9-2-3-15-8-9/h2-3,6-8H,4-5H2,1H3. The average Bonchev–Trinajstić information content (AvgIpc) is 2.77. The summed E-state index contributed by atoms with van der Waals surface area (Å²) >= 11 is 1.62. The smallest absolute Gasteiger partial charge is 0.141 e. The van der Waals surface area contributed by atoms with Crippen molar-refractivity contribution in [3.63, 3.8) is 0 Å². The second kappa shape index (κ2) is 4.40. The van der Waals surface area contributed by atoms with Crippen LogP contribution in [0.1, 0.15) is 11.1 Å². The third kappa shape index (κ3) is 2.76. The van der Waals surface area contributed by atoms with E-state index >= 15 is 0 Å². The highest BCUT2D eigenvalue weighted by molar-refractivity contribution is 7.07. The Balaban J connectivity index is 1.93. The van der Waals surface area contributed by atoms with E-state index in [4.69, 9.17) is 0 Å². The summed E-state index contributed by atoms with van der Waals surface area (Å²) in [4.78, 5) is 11.7. The molecule has 3 nitrogen and oxygen atoms in total. The second-order valence-electron chi connectivity index (χ2n) is 3.55. The number of aromatic nitrogens is 2. The average molecular weight is 220 g/mol. The molecule has 0 atom stereocenters. The zero-order valence-electron chi connectivity index (χ0n) is 8.51. The van der Waals surface area contributed by atoms with Crippen LogP contribution in [-0.4, -0.2) is 15.6 Å². The number of carbonyl (C=O) groups excluding carboxylic acids is 1. The van der Waals surface area contributed by atoms with Crippen molar-refractivity contribution in [3.05, 3.63) is 40.3 Å². The van der Waals surface area contributed by atoms with Crippen LogP contribution in [0.2, 0.25) is 0 Å². The largest absolute Gasteiger partial charge is 0.299 e. The molecule has 0 saturated carbocycles. The molecule has 15 heavy (non-hydrogen) atoms. The minimum Gasteiger partial charge on any atom is -0.299 e. The molecule has 78 valence electrons. The number of hydrogen-bond acceptors (Lipinski definition) is 3. The summed E-state index contributed by atoms with van der Waals surface area (Å²) in [6.45, 7) is 0. The lowest BCUT2D eigenvalue weighted by molar-refractivity contribution is -0.117. The molecule has 0 aliphatic heterocycles. The van der Waals surface area contributed by atoms with Crippen molar-refractivity contribution < 1.29 is 4.79 Å². The Kier molecular flexibility index (Phi) is 2.97. The molecule has 0 aromatic carbocycles. The Bertz CT molecular complexity index is 445. The highest BCUT2D eigenvalue weighted by Gasteiger charge is 2.06. The van der Waals surface area contributed by atoms with Gasteiger partial charge in [0.2, 0.25) is 0 Å². The SMILES string of the molecule is Cn1cc(CC(=O)Cc2ccsc2)cn1. The maximum atomic E-state index is 11.7. The van der Waals surface area contributed by atoms with Crippen molar-refractivity contribution in [2.24, 2.45) is 7.05 Å². The van der Waals surface area contributed by atoms with Crippen LogP contribution >= 0.6 is 11.3 Å². The lowest BCUT2D eigenvalue weighted by atomic mass is 10.1. The van der Waals surface area contributed by atoms with Crippen molar-refractivity contribution in [2.45, 2.75) is 12.8 Å². The number of nitrogens with zero attached hydrogens (tertiary/aromatic N) is 2. The Morgan fingerprint density at radius 3 is 2.87 bits per heavy atom. The minimum atomic E-state index is 0.237. The van der Waals surface area contributed by atoms with Gasteiger partial charge < -0.3 is 0 Å². The summed E-state index contributed by atoms with van der Waals surface area (Å²) in [5.74, 6) is 0.237. The van der Waals surface area contributed by atoms with Gasteiger partial charge in [-0.15, -0.1) is 0 Å². The van der Waals surface area contributed by atoms with E-state index in [2.05, 4.69) is 5.10 Å². The number of Topliss-reactive ketones (excluding diaryl/α,β-unsaturated/α-hetero) is 1. The lowest BCUT2D eigenvalue weighted by Gasteiger charge is -1.95. The van der Waals surface area contributed by atoms with Gasteiger partial charge in [-0.25, -0.2) is 0 Å². The molecule has 0 N–H and O–H groups in total. The fraction of sp³-hybridized carbons (Fsp3) is 0.273. The van der Waals surface area contributed by atoms with Crippen molar-refractivity contribution in [1.29, 1.82) is 0 Å². The van der Waals surface area contributed by atoms with Gasteiger partial charge in [-0.3, -0.25) is 9.48 Å². The summed E-state index contributed by atoms with van der Waals surface area (Å²) in [5, 5.41) is 8.04. The molecule has 0 saturated heterocycles. The van der Waals surface area contributed by atoms with Gasteiger partial charge >= 0.3 is 0 Å². The second-order valence-corrected chi connectivity index (χ2v) is 4.33. The number of ketones is 1. The van der Waals surface area contributed by atoms with Crippen molar-refractivity contribution in [1.82, 2.24) is 9.78 Å². The molecule has 2 heterocycles. The van der Waals surface area contributed by atoms with Gasteiger partial charge in [0.05, 0.1) is 6.20 Å². The molecule has 4 heteroatoms. The maximum absolute atomic E-state index is 11.7. The van der Waals surface area contributed by atoms with Crippen LogP contribution in [0.3, 0.4) is 0 Å². The number of aryl methyl sites for hydroxylation is 1. The van der Waals surface area contributed by atoms with Crippen molar-refractivity contribution in [2.75, 3.05) is 0 Å². The molecule has 0 aliphatic carbocycles. The third-order valence-corrected chi connectivity index (χ3v) is 2.87. The third-order valence-electron chi connectivity index (χ3n) is 2.14. The van der Waals surface area contributed by atoms with Gasteiger partial charge in [0, 0.05) is 26.1 Å². The van der Waals surface area contributed by atoms with Gasteiger partial charge in [0.1, 0.15) is 5.78 Å². The Morgan fingerprint density at radius 2 is 2.27 bits per heavy atom. The molecular formula is C11H12N2OS. The van der Waals surface area contributed by atoms with Crippen LogP contribution < -0.4 is 0 Å². The minimum absolute atomic E-state index is 0.237. The highest BCUT2D eigenvalue weighted by atomic mass is 32.1. The zero-order valence-corrected chi connectivity index (χ0v) is 9.33. The Labute approximate surface area is 92.4 Å². The normalized spacial score (nSPS) is 10.5. The summed E-state index contributed by atoms with van der Waals surface area (Å²) in [6.07, 6.45) is 4.62. The first kappa shape index (κ1) is 10.1. The predicted molar refractivity (Wildman–Crippen MR) is 59.9 cm³/mol. The fourth-order valence-corrected chi connectivity index (χ4v) is 2.14. The Hall–Kier alpha value is -1.42. The molecule has 2 aromatic heterocycles. The van der Waals surface area contributed by atoms with Crippen LogP contribution in [-0.2, 0) is 24.7 Å². The van der Waals surface area contributed by atoms with Crippen LogP contribution in [0.25, 0.3) is 0 Å². The lowest BCUT2D eigenvalue weighted by Crippen LogP contribution is -2.05. The first-order valence-electron chi connectivity index (χ1n) is 4.74. The van der Waals surface area contributed by atoms with Gasteiger partial charge in [-0.2, -0.15) is 16.4 Å². The van der Waals surface area contributed by atoms with Gasteiger partial charge in [-0.1, -0.05) is 0 Å². The van der Waals surface area contributed by atoms with Crippen LogP contribution in [0.5, 0.6) is 0 Å². The van der Waals surface area contributed by atoms with E-state index < -0.39 is 0 Å². The number of thiophene rings is 1. The molecule has 0 unspecified atom stereocenters. The zero-order chi connectivity index (χ0) is 10.7. The van der Waals surface area contributed by atoms with Crippen molar-refractivity contribution in [3.8, 4) is 0 Å². The quantitative estimate of drug-likeness (QED) is 0.788. The van der Waals surface area contributed by atoms with Gasteiger partial charge in [0.15, 0.2) is 0 Å². The Morgan fingerprint density at radius 1 is 1.47 bits per heavy atom. The monoisotopic (exact) mass is 220 g/mol. The van der Waals surface area contributed by atoms with E-state index in [-0.39, 0.29) is 5.78 Å². The topological polar surface area (TPSA) is 34.9 Å². The molecule has 0 amide bonds. The van der Waals surface area contributed by atoms with Crippen LogP contribution in [0.4, 0.5) is 0 Å². The summed E-state index contributed by atoms with van der Waals surface area (Å²) in [7, 11) is 1.85. The van der Waals surface area contributed by atoms with Crippen LogP contribution in [0, 0.1) is 0 Å². The molecular weight excluding hydrogens is 208 g/mol. The molecule has 0 radical (unpaired) electrons. The highest BCUT2D eigenvalue weighted by Crippen LogP contribution is 2.08. The first-order chi connectivity index (χ1) is 7.24. The predicted octanol–water partition coefficient (Wildman–Crippen LogP) is 1.84. The summed E-state index contributed by atoms with van der Waals surface area (Å²) in [5.41, 5.74) is 2.09. The van der Waals surface area contributed by atoms with E-state index in [1.807, 2.05) is 30.1 Å². The molecule has 0 fully saturated rings. The fourth-order valence-electron chi connectivity index (χ4n) is 1.47. The van der Waals surface area contributed by atoms with Crippen LogP contribution in [0.15, 0.2) is 29.2 Å². The van der Waals surface area contributed by atoms with E-state index in [1.165, 1.54) is 0 Å². The summed E-state index contributed by atoms with van der Waals surface area (Å²) < 4.78 is 1.72. The van der Waals surface area contributed by atoms with E-state index in [9.17, 15) is 4.79 Å². The number of carbonyl (C=O) groups is 1.